The number of pyridine rings is 2. The second-order valence-electron chi connectivity index (χ2n) is 8.44. The summed E-state index contributed by atoms with van der Waals surface area (Å²) in [6.07, 6.45) is 3.45. The smallest absolute Gasteiger partial charge is 0.337 e. The first-order chi connectivity index (χ1) is 16.3. The number of carbonyl (C=O) groups is 1. The molecule has 1 atom stereocenters. The Kier molecular flexibility index (Phi) is 8.29. The van der Waals surface area contributed by atoms with Gasteiger partial charge in [0.05, 0.1) is 36.3 Å². The summed E-state index contributed by atoms with van der Waals surface area (Å²) in [7, 11) is 3.00. The third kappa shape index (κ3) is 6.37. The highest BCUT2D eigenvalue weighted by Crippen LogP contribution is 2.28. The molecule has 0 radical (unpaired) electrons. The second kappa shape index (κ2) is 11.4. The van der Waals surface area contributed by atoms with Crippen molar-refractivity contribution >= 4 is 17.3 Å². The molecule has 2 aromatic heterocycles. The number of aromatic nitrogens is 2. The lowest BCUT2D eigenvalue weighted by Gasteiger charge is -2.16. The molecule has 8 nitrogen and oxygen atoms in total. The molecule has 0 aliphatic carbocycles. The Morgan fingerprint density at radius 2 is 2.00 bits per heavy atom. The maximum absolute atomic E-state index is 12.3. The van der Waals surface area contributed by atoms with E-state index in [-0.39, 0.29) is 5.56 Å². The molecule has 34 heavy (non-hydrogen) atoms. The zero-order valence-electron chi connectivity index (χ0n) is 20.1. The van der Waals surface area contributed by atoms with Gasteiger partial charge in [-0.1, -0.05) is 19.1 Å². The number of hydrogen-bond acceptors (Lipinski definition) is 7. The predicted octanol–water partition coefficient (Wildman–Crippen LogP) is 4.03. The van der Waals surface area contributed by atoms with E-state index in [9.17, 15) is 9.59 Å². The Hall–Kier alpha value is -3.81. The molecule has 0 bridgehead atoms. The summed E-state index contributed by atoms with van der Waals surface area (Å²) >= 11 is 0. The monoisotopic (exact) mass is 464 g/mol. The molecular formula is C26H32N4O4. The summed E-state index contributed by atoms with van der Waals surface area (Å²) in [5, 5.41) is 3.39. The van der Waals surface area contributed by atoms with E-state index in [0.717, 1.165) is 30.8 Å². The number of rotatable bonds is 10. The van der Waals surface area contributed by atoms with Crippen molar-refractivity contribution in [2.75, 3.05) is 31.3 Å². The van der Waals surface area contributed by atoms with Crippen LogP contribution >= 0.6 is 0 Å². The van der Waals surface area contributed by atoms with Crippen LogP contribution in [0.5, 0.6) is 5.75 Å². The highest BCUT2D eigenvalue weighted by Gasteiger charge is 2.15. The Bertz CT molecular complexity index is 1210. The van der Waals surface area contributed by atoms with Gasteiger partial charge in [-0.15, -0.1) is 0 Å². The maximum Gasteiger partial charge on any atom is 0.337 e. The number of ether oxygens (including phenoxy) is 2. The van der Waals surface area contributed by atoms with E-state index in [1.165, 1.54) is 17.7 Å². The normalized spacial score (nSPS) is 11.6. The number of benzene rings is 1. The fourth-order valence-corrected chi connectivity index (χ4v) is 3.62. The molecule has 0 unspecified atom stereocenters. The van der Waals surface area contributed by atoms with E-state index in [1.54, 1.807) is 32.3 Å². The number of esters is 1. The first-order valence-corrected chi connectivity index (χ1v) is 11.3. The number of nitrogen functional groups attached to an aromatic ring is 1. The van der Waals surface area contributed by atoms with Crippen LogP contribution in [0.2, 0.25) is 0 Å². The molecule has 3 rings (SSSR count). The molecule has 0 fully saturated rings. The minimum absolute atomic E-state index is 0.190. The van der Waals surface area contributed by atoms with Gasteiger partial charge in [0, 0.05) is 37.1 Å². The van der Waals surface area contributed by atoms with Crippen molar-refractivity contribution < 1.29 is 14.3 Å². The van der Waals surface area contributed by atoms with Gasteiger partial charge < -0.3 is 25.1 Å². The van der Waals surface area contributed by atoms with Crippen LogP contribution in [0, 0.1) is 12.8 Å². The third-order valence-corrected chi connectivity index (χ3v) is 5.54. The number of nitrogens with zero attached hydrogens (tertiary/aromatic N) is 2. The van der Waals surface area contributed by atoms with Gasteiger partial charge in [-0.25, -0.2) is 4.79 Å². The van der Waals surface area contributed by atoms with Crippen LogP contribution in [0.3, 0.4) is 0 Å². The molecule has 1 aromatic carbocycles. The Balaban J connectivity index is 1.66. The summed E-state index contributed by atoms with van der Waals surface area (Å²) < 4.78 is 12.4. The van der Waals surface area contributed by atoms with E-state index in [2.05, 4.69) is 17.2 Å². The van der Waals surface area contributed by atoms with Gasteiger partial charge in [0.2, 0.25) is 0 Å². The fraction of sp³-hybridized carbons (Fsp3) is 0.346. The number of para-hydroxylation sites is 2. The van der Waals surface area contributed by atoms with Crippen molar-refractivity contribution in [1.82, 2.24) is 9.55 Å². The number of nitrogens with two attached hydrogens (primary N) is 1. The summed E-state index contributed by atoms with van der Waals surface area (Å²) in [6, 6.07) is 12.5. The van der Waals surface area contributed by atoms with Crippen LogP contribution in [0.1, 0.15) is 35.8 Å². The van der Waals surface area contributed by atoms with E-state index in [1.807, 2.05) is 24.3 Å². The van der Waals surface area contributed by atoms with Crippen LogP contribution in [-0.4, -0.2) is 35.8 Å². The number of nitrogens with one attached hydrogen (secondary N) is 1. The number of anilines is 2. The standard InChI is InChI=1S/C26H32N4O4/c1-17(15-28-22-10-6-5-9-21(22)27)8-7-11-34-24-16-30(3)25(31)14-20(24)23-13-19(26(32)33-4)12-18(2)29-23/h5-6,9-10,12-14,16-17,28H,7-8,11,15,27H2,1-4H3/t17-/m1/s1. The quantitative estimate of drug-likeness (QED) is 0.265. The van der Waals surface area contributed by atoms with Gasteiger partial charge in [-0.05, 0) is 49.9 Å². The summed E-state index contributed by atoms with van der Waals surface area (Å²) in [5.74, 6) is 0.501. The average Bonchev–Trinajstić information content (AvgIpc) is 2.82. The molecule has 0 aliphatic rings. The Morgan fingerprint density at radius 1 is 1.24 bits per heavy atom. The van der Waals surface area contributed by atoms with Crippen molar-refractivity contribution in [2.45, 2.75) is 26.7 Å². The van der Waals surface area contributed by atoms with Crippen LogP contribution < -0.4 is 21.3 Å². The first kappa shape index (κ1) is 24.8. The van der Waals surface area contributed by atoms with Crippen LogP contribution in [0.15, 0.2) is 53.5 Å². The molecule has 0 saturated heterocycles. The molecule has 180 valence electrons. The molecule has 0 saturated carbocycles. The minimum Gasteiger partial charge on any atom is -0.491 e. The molecule has 8 heteroatoms. The van der Waals surface area contributed by atoms with Crippen LogP contribution in [-0.2, 0) is 11.8 Å². The van der Waals surface area contributed by atoms with Crippen molar-refractivity contribution in [3.05, 3.63) is 70.3 Å². The fourth-order valence-electron chi connectivity index (χ4n) is 3.62. The van der Waals surface area contributed by atoms with E-state index >= 15 is 0 Å². The van der Waals surface area contributed by atoms with Gasteiger partial charge in [0.1, 0.15) is 5.75 Å². The second-order valence-corrected chi connectivity index (χ2v) is 8.44. The van der Waals surface area contributed by atoms with Gasteiger partial charge in [-0.2, -0.15) is 0 Å². The maximum atomic E-state index is 12.3. The molecular weight excluding hydrogens is 432 g/mol. The lowest BCUT2D eigenvalue weighted by atomic mass is 10.1. The Morgan fingerprint density at radius 3 is 2.74 bits per heavy atom. The number of hydrogen-bond donors (Lipinski definition) is 2. The highest BCUT2D eigenvalue weighted by atomic mass is 16.5. The minimum atomic E-state index is -0.460. The van der Waals surface area contributed by atoms with Gasteiger partial charge in [0.25, 0.3) is 5.56 Å². The van der Waals surface area contributed by atoms with Crippen molar-refractivity contribution in [3.8, 4) is 17.0 Å². The summed E-state index contributed by atoms with van der Waals surface area (Å²) in [6.45, 7) is 5.26. The predicted molar refractivity (Wildman–Crippen MR) is 134 cm³/mol. The van der Waals surface area contributed by atoms with Gasteiger partial charge in [-0.3, -0.25) is 9.78 Å². The SMILES string of the molecule is COC(=O)c1cc(C)nc(-c2cc(=O)n(C)cc2OCCC[C@@H](C)CNc2ccccc2N)c1. The zero-order chi connectivity index (χ0) is 24.7. The van der Waals surface area contributed by atoms with Crippen molar-refractivity contribution in [3.63, 3.8) is 0 Å². The number of aryl methyl sites for hydroxylation is 2. The van der Waals surface area contributed by atoms with Gasteiger partial charge in [0.15, 0.2) is 0 Å². The lowest BCUT2D eigenvalue weighted by Crippen LogP contribution is -2.17. The number of methoxy groups -OCH3 is 1. The molecule has 3 aromatic rings. The highest BCUT2D eigenvalue weighted by molar-refractivity contribution is 5.91. The lowest BCUT2D eigenvalue weighted by molar-refractivity contribution is 0.0600. The largest absolute Gasteiger partial charge is 0.491 e. The number of carbonyl (C=O) groups excluding carboxylic acids is 1. The third-order valence-electron chi connectivity index (χ3n) is 5.54. The molecule has 0 spiro atoms. The van der Waals surface area contributed by atoms with E-state index in [0.29, 0.717) is 40.8 Å². The van der Waals surface area contributed by atoms with Gasteiger partial charge >= 0.3 is 5.97 Å². The van der Waals surface area contributed by atoms with E-state index < -0.39 is 5.97 Å². The van der Waals surface area contributed by atoms with Crippen LogP contribution in [0.4, 0.5) is 11.4 Å². The molecule has 3 N–H and O–H groups in total. The van der Waals surface area contributed by atoms with Crippen molar-refractivity contribution in [1.29, 1.82) is 0 Å². The van der Waals surface area contributed by atoms with Crippen molar-refractivity contribution in [2.24, 2.45) is 13.0 Å². The topological polar surface area (TPSA) is 108 Å². The molecule has 0 amide bonds. The van der Waals surface area contributed by atoms with E-state index in [4.69, 9.17) is 15.2 Å². The first-order valence-electron chi connectivity index (χ1n) is 11.3. The molecule has 0 aliphatic heterocycles. The molecule has 2 heterocycles. The van der Waals surface area contributed by atoms with Crippen LogP contribution in [0.25, 0.3) is 11.3 Å². The Labute approximate surface area is 199 Å². The average molecular weight is 465 g/mol. The zero-order valence-corrected chi connectivity index (χ0v) is 20.1. The summed E-state index contributed by atoms with van der Waals surface area (Å²) in [5.41, 5.74) is 9.53. The summed E-state index contributed by atoms with van der Waals surface area (Å²) in [4.78, 5) is 28.9.